The fourth-order valence-corrected chi connectivity index (χ4v) is 3.79. The summed E-state index contributed by atoms with van der Waals surface area (Å²) >= 11 is 12.9. The smallest absolute Gasteiger partial charge is 0.266 e. The molecule has 0 saturated carbocycles. The minimum Gasteiger partial charge on any atom is -0.493 e. The van der Waals surface area contributed by atoms with Crippen molar-refractivity contribution in [1.29, 1.82) is 0 Å². The predicted octanol–water partition coefficient (Wildman–Crippen LogP) is 4.75. The number of ether oxygens (including phenoxy) is 2. The van der Waals surface area contributed by atoms with Gasteiger partial charge in [0.25, 0.3) is 5.91 Å². The minimum atomic E-state index is -0.0810. The molecule has 7 heteroatoms. The highest BCUT2D eigenvalue weighted by molar-refractivity contribution is 8.26. The number of hydrogen-bond acceptors (Lipinski definition) is 5. The van der Waals surface area contributed by atoms with Crippen molar-refractivity contribution in [1.82, 2.24) is 4.90 Å². The van der Waals surface area contributed by atoms with Crippen LogP contribution in [-0.4, -0.2) is 34.9 Å². The van der Waals surface area contributed by atoms with Crippen molar-refractivity contribution in [2.45, 2.75) is 33.3 Å². The van der Waals surface area contributed by atoms with Crippen LogP contribution in [0.25, 0.3) is 6.08 Å². The molecule has 0 N–H and O–H groups in total. The largest absolute Gasteiger partial charge is 0.493 e. The van der Waals surface area contributed by atoms with Gasteiger partial charge in [-0.3, -0.25) is 9.69 Å². The number of carbonyl (C=O) groups excluding carboxylic acids is 1. The first-order valence-corrected chi connectivity index (χ1v) is 9.31. The number of thiocarbonyl (C=S) groups is 1. The first-order valence-electron chi connectivity index (χ1n) is 7.70. The van der Waals surface area contributed by atoms with E-state index >= 15 is 0 Å². The van der Waals surface area contributed by atoms with E-state index in [2.05, 4.69) is 0 Å². The van der Waals surface area contributed by atoms with Gasteiger partial charge < -0.3 is 9.47 Å². The zero-order valence-corrected chi connectivity index (χ0v) is 16.5. The number of amides is 1. The summed E-state index contributed by atoms with van der Waals surface area (Å²) in [5.41, 5.74) is 0.768. The summed E-state index contributed by atoms with van der Waals surface area (Å²) in [6, 6.07) is 3.57. The topological polar surface area (TPSA) is 38.8 Å². The maximum atomic E-state index is 12.3. The molecule has 0 aliphatic carbocycles. The average Bonchev–Trinajstić information content (AvgIpc) is 2.82. The molecule has 1 aromatic carbocycles. The summed E-state index contributed by atoms with van der Waals surface area (Å²) in [5.74, 6) is 0.981. The molecule has 1 heterocycles. The molecular weight excluding hydrogens is 366 g/mol. The summed E-state index contributed by atoms with van der Waals surface area (Å²) in [5, 5.41) is 0.451. The summed E-state index contributed by atoms with van der Waals surface area (Å²) in [7, 11) is 1.56. The van der Waals surface area contributed by atoms with E-state index in [1.807, 2.05) is 26.8 Å². The van der Waals surface area contributed by atoms with Crippen LogP contribution in [0.3, 0.4) is 0 Å². The highest BCUT2D eigenvalue weighted by Gasteiger charge is 2.30. The van der Waals surface area contributed by atoms with Crippen LogP contribution in [0.4, 0.5) is 0 Å². The third-order valence-electron chi connectivity index (χ3n) is 3.63. The van der Waals surface area contributed by atoms with Crippen molar-refractivity contribution < 1.29 is 14.3 Å². The van der Waals surface area contributed by atoms with E-state index in [0.717, 1.165) is 12.0 Å². The van der Waals surface area contributed by atoms with Crippen molar-refractivity contribution in [2.75, 3.05) is 13.7 Å². The lowest BCUT2D eigenvalue weighted by Crippen LogP contribution is -2.27. The number of hydrogen-bond donors (Lipinski definition) is 0. The monoisotopic (exact) mass is 385 g/mol. The van der Waals surface area contributed by atoms with Crippen LogP contribution in [-0.2, 0) is 4.79 Å². The molecule has 1 aliphatic heterocycles. The number of carbonyl (C=O) groups is 1. The SMILES string of the molecule is CC[C@@H](C)Oc1c(Cl)cc(/C=C2\SC(=S)N(CC)C2=O)cc1OC. The Balaban J connectivity index is 2.36. The van der Waals surface area contributed by atoms with E-state index < -0.39 is 0 Å². The molecular formula is C17H20ClNO3S2. The standard InChI is InChI=1S/C17H20ClNO3S2/c1-5-10(3)22-15-12(18)7-11(8-13(15)21-4)9-14-16(20)19(6-2)17(23)24-14/h7-10H,5-6H2,1-4H3/b14-9-/t10-/m1/s1. The van der Waals surface area contributed by atoms with Gasteiger partial charge in [0.05, 0.1) is 23.1 Å². The molecule has 0 aromatic heterocycles. The van der Waals surface area contributed by atoms with E-state index in [0.29, 0.717) is 32.3 Å². The average molecular weight is 386 g/mol. The lowest BCUT2D eigenvalue weighted by atomic mass is 10.1. The molecule has 1 aliphatic rings. The van der Waals surface area contributed by atoms with Gasteiger partial charge in [0.15, 0.2) is 11.5 Å². The molecule has 1 saturated heterocycles. The molecule has 0 spiro atoms. The lowest BCUT2D eigenvalue weighted by Gasteiger charge is -2.17. The van der Waals surface area contributed by atoms with Crippen LogP contribution >= 0.6 is 35.6 Å². The molecule has 0 unspecified atom stereocenters. The van der Waals surface area contributed by atoms with E-state index in [4.69, 9.17) is 33.3 Å². The van der Waals surface area contributed by atoms with Crippen molar-refractivity contribution >= 4 is 51.9 Å². The highest BCUT2D eigenvalue weighted by Crippen LogP contribution is 2.39. The normalized spacial score (nSPS) is 17.5. The fourth-order valence-electron chi connectivity index (χ4n) is 2.15. The molecule has 4 nitrogen and oxygen atoms in total. The number of benzene rings is 1. The summed E-state index contributed by atoms with van der Waals surface area (Å²) in [4.78, 5) is 14.5. The quantitative estimate of drug-likeness (QED) is 0.522. The number of rotatable bonds is 6. The van der Waals surface area contributed by atoms with Crippen molar-refractivity contribution in [2.24, 2.45) is 0 Å². The minimum absolute atomic E-state index is 0.0306. The van der Waals surface area contributed by atoms with Gasteiger partial charge in [-0.2, -0.15) is 0 Å². The van der Waals surface area contributed by atoms with Crippen LogP contribution in [0, 0.1) is 0 Å². The molecule has 2 rings (SSSR count). The van der Waals surface area contributed by atoms with Crippen LogP contribution < -0.4 is 9.47 Å². The molecule has 1 aromatic rings. The van der Waals surface area contributed by atoms with Gasteiger partial charge in [0.1, 0.15) is 4.32 Å². The maximum Gasteiger partial charge on any atom is 0.266 e. The van der Waals surface area contributed by atoms with Crippen LogP contribution in [0.15, 0.2) is 17.0 Å². The number of nitrogens with zero attached hydrogens (tertiary/aromatic N) is 1. The first kappa shape index (κ1) is 19.1. The zero-order chi connectivity index (χ0) is 17.9. The van der Waals surface area contributed by atoms with Gasteiger partial charge in [0.2, 0.25) is 0 Å². The second kappa shape index (κ2) is 8.23. The Morgan fingerprint density at radius 2 is 2.12 bits per heavy atom. The summed E-state index contributed by atoms with van der Waals surface area (Å²) in [6.07, 6.45) is 2.67. The first-order chi connectivity index (χ1) is 11.4. The number of methoxy groups -OCH3 is 1. The number of likely N-dealkylation sites (N-methyl/N-ethyl adjacent to an activating group) is 1. The Hall–Kier alpha value is -1.24. The van der Waals surface area contributed by atoms with Crippen LogP contribution in [0.5, 0.6) is 11.5 Å². The van der Waals surface area contributed by atoms with Gasteiger partial charge in [-0.25, -0.2) is 0 Å². The molecule has 0 bridgehead atoms. The fraction of sp³-hybridized carbons (Fsp3) is 0.412. The van der Waals surface area contributed by atoms with Gasteiger partial charge in [-0.05, 0) is 44.0 Å². The van der Waals surface area contributed by atoms with Gasteiger partial charge in [-0.15, -0.1) is 0 Å². The number of halogens is 1. The second-order valence-electron chi connectivity index (χ2n) is 5.30. The van der Waals surface area contributed by atoms with E-state index in [9.17, 15) is 4.79 Å². The van der Waals surface area contributed by atoms with Crippen molar-refractivity contribution in [3.63, 3.8) is 0 Å². The molecule has 1 fully saturated rings. The van der Waals surface area contributed by atoms with Gasteiger partial charge in [0, 0.05) is 6.54 Å². The van der Waals surface area contributed by atoms with Crippen LogP contribution in [0.1, 0.15) is 32.8 Å². The third kappa shape index (κ3) is 4.05. The predicted molar refractivity (Wildman–Crippen MR) is 104 cm³/mol. The molecule has 1 amide bonds. The van der Waals surface area contributed by atoms with E-state index in [1.165, 1.54) is 11.8 Å². The highest BCUT2D eigenvalue weighted by atomic mass is 35.5. The van der Waals surface area contributed by atoms with Gasteiger partial charge >= 0.3 is 0 Å². The van der Waals surface area contributed by atoms with E-state index in [-0.39, 0.29) is 12.0 Å². The number of thioether (sulfide) groups is 1. The Morgan fingerprint density at radius 1 is 1.42 bits per heavy atom. The summed E-state index contributed by atoms with van der Waals surface area (Å²) in [6.45, 7) is 6.47. The Kier molecular flexibility index (Phi) is 6.54. The zero-order valence-electron chi connectivity index (χ0n) is 14.1. The molecule has 1 atom stereocenters. The maximum absolute atomic E-state index is 12.3. The Morgan fingerprint density at radius 3 is 2.67 bits per heavy atom. The third-order valence-corrected chi connectivity index (χ3v) is 5.29. The molecule has 130 valence electrons. The lowest BCUT2D eigenvalue weighted by molar-refractivity contribution is -0.121. The Bertz CT molecular complexity index is 691. The van der Waals surface area contributed by atoms with E-state index in [1.54, 1.807) is 24.2 Å². The molecule has 0 radical (unpaired) electrons. The Labute approximate surface area is 157 Å². The van der Waals surface area contributed by atoms with Crippen molar-refractivity contribution in [3.05, 3.63) is 27.6 Å². The summed E-state index contributed by atoms with van der Waals surface area (Å²) < 4.78 is 11.8. The van der Waals surface area contributed by atoms with Crippen LogP contribution in [0.2, 0.25) is 5.02 Å². The second-order valence-corrected chi connectivity index (χ2v) is 7.38. The van der Waals surface area contributed by atoms with Gasteiger partial charge in [-0.1, -0.05) is 42.5 Å². The molecule has 24 heavy (non-hydrogen) atoms. The van der Waals surface area contributed by atoms with Crippen molar-refractivity contribution in [3.8, 4) is 11.5 Å².